The molecule has 0 amide bonds. The molecule has 4 heteroatoms. The van der Waals surface area contributed by atoms with Gasteiger partial charge >= 0.3 is 0 Å². The van der Waals surface area contributed by atoms with Gasteiger partial charge in [-0.3, -0.25) is 0 Å². The van der Waals surface area contributed by atoms with E-state index in [0.29, 0.717) is 17.9 Å². The Morgan fingerprint density at radius 2 is 1.02 bits per heavy atom. The summed E-state index contributed by atoms with van der Waals surface area (Å²) in [5.74, 6) is 2.21. The highest BCUT2D eigenvalue weighted by Crippen LogP contribution is 2.51. The number of rotatable bonds is 10. The number of aromatic hydroxyl groups is 2. The molecule has 5 aliphatic rings. The molecular weight excluding hydrogens is 785 g/mol. The molecule has 2 N–H and O–H groups in total. The molecule has 5 aliphatic carbocycles. The molecule has 0 heterocycles. The van der Waals surface area contributed by atoms with Gasteiger partial charge in [-0.15, -0.1) is 0 Å². The topological polar surface area (TPSA) is 58.9 Å². The highest BCUT2D eigenvalue weighted by Gasteiger charge is 2.30. The van der Waals surface area contributed by atoms with Crippen LogP contribution in [0.15, 0.2) is 107 Å². The summed E-state index contributed by atoms with van der Waals surface area (Å²) >= 11 is 0. The maximum atomic E-state index is 12.4. The summed E-state index contributed by atoms with van der Waals surface area (Å²) in [6.07, 6.45) is 22.5. The molecule has 2 bridgehead atoms. The Morgan fingerprint density at radius 1 is 0.516 bits per heavy atom. The molecule has 2 atom stereocenters. The van der Waals surface area contributed by atoms with Gasteiger partial charge < -0.3 is 19.7 Å². The molecule has 330 valence electrons. The second-order valence-corrected chi connectivity index (χ2v) is 19.8. The molecule has 0 spiro atoms. The number of aryl methyl sites for hydroxylation is 4. The first-order valence-corrected chi connectivity index (χ1v) is 24.7. The number of ether oxygens (including phenoxy) is 2. The van der Waals surface area contributed by atoms with Gasteiger partial charge in [0.2, 0.25) is 0 Å². The molecular formula is C60H66O4. The van der Waals surface area contributed by atoms with Crippen LogP contribution >= 0.6 is 0 Å². The van der Waals surface area contributed by atoms with E-state index in [1.54, 1.807) is 5.57 Å². The number of para-hydroxylation sites is 2. The first kappa shape index (κ1) is 42.5. The Balaban J connectivity index is 0.919. The van der Waals surface area contributed by atoms with Crippen LogP contribution in [0.2, 0.25) is 0 Å². The summed E-state index contributed by atoms with van der Waals surface area (Å²) in [7, 11) is 0. The molecule has 0 aliphatic heterocycles. The first-order valence-electron chi connectivity index (χ1n) is 24.7. The molecule has 0 unspecified atom stereocenters. The first-order chi connectivity index (χ1) is 31.2. The molecule has 1 saturated carbocycles. The second kappa shape index (κ2) is 18.2. The van der Waals surface area contributed by atoms with Crippen LogP contribution in [0, 0.1) is 13.8 Å². The van der Waals surface area contributed by atoms with Gasteiger partial charge in [-0.25, -0.2) is 0 Å². The third-order valence-electron chi connectivity index (χ3n) is 14.9. The standard InChI is InChI=1S/C60H66O4/c1-37-29-51(59(61)53(31-37)57-45-21-6-5-17-41(35-45)34-42-18-7-10-22-46(42)57)49-25-13-15-27-55(49)63-39(3)33-40(4)64-56-28-16-14-26-50(56)52-30-38(2)32-54(60(52)62)58-47-23-11-8-19-43(47)36-44-20-9-12-24-48(44)58/h13-16,25-32,34,36,39-40,61-62H,5-12,17-24,33,35H2,1-4H3/t39-,40-/m1/s1. The minimum atomic E-state index is -0.179. The lowest BCUT2D eigenvalue weighted by molar-refractivity contribution is 0.131. The number of hydrogen-bond donors (Lipinski definition) is 2. The van der Waals surface area contributed by atoms with Crippen molar-refractivity contribution in [3.63, 3.8) is 0 Å². The van der Waals surface area contributed by atoms with E-state index in [4.69, 9.17) is 9.47 Å². The lowest BCUT2D eigenvalue weighted by Crippen LogP contribution is -2.23. The van der Waals surface area contributed by atoms with Crippen molar-refractivity contribution in [2.45, 2.75) is 155 Å². The van der Waals surface area contributed by atoms with Crippen LogP contribution in [0.1, 0.15) is 143 Å². The fourth-order valence-corrected chi connectivity index (χ4v) is 12.1. The lowest BCUT2D eigenvalue weighted by atomic mass is 9.76. The van der Waals surface area contributed by atoms with Gasteiger partial charge in [0.1, 0.15) is 23.0 Å². The third kappa shape index (κ3) is 8.34. The van der Waals surface area contributed by atoms with Crippen molar-refractivity contribution in [2.75, 3.05) is 0 Å². The van der Waals surface area contributed by atoms with E-state index in [9.17, 15) is 10.2 Å². The smallest absolute Gasteiger partial charge is 0.131 e. The summed E-state index contributed by atoms with van der Waals surface area (Å²) in [5.41, 5.74) is 22.2. The largest absolute Gasteiger partial charge is 0.507 e. The Morgan fingerprint density at radius 3 is 1.66 bits per heavy atom. The number of hydrogen-bond acceptors (Lipinski definition) is 4. The molecule has 4 nitrogen and oxygen atoms in total. The molecule has 0 radical (unpaired) electrons. The van der Waals surface area contributed by atoms with Crippen molar-refractivity contribution < 1.29 is 19.7 Å². The van der Waals surface area contributed by atoms with Crippen molar-refractivity contribution in [1.29, 1.82) is 0 Å². The molecule has 10 rings (SSSR count). The van der Waals surface area contributed by atoms with E-state index in [2.05, 4.69) is 76.2 Å². The maximum absolute atomic E-state index is 12.4. The zero-order chi connectivity index (χ0) is 43.9. The van der Waals surface area contributed by atoms with E-state index >= 15 is 0 Å². The number of fused-ring (bicyclic) bond motifs is 4. The van der Waals surface area contributed by atoms with Crippen LogP contribution in [0.4, 0.5) is 0 Å². The van der Waals surface area contributed by atoms with Crippen molar-refractivity contribution in [2.24, 2.45) is 0 Å². The lowest BCUT2D eigenvalue weighted by Gasteiger charge is -2.29. The highest BCUT2D eigenvalue weighted by atomic mass is 16.5. The summed E-state index contributed by atoms with van der Waals surface area (Å²) < 4.78 is 13.6. The van der Waals surface area contributed by atoms with E-state index in [1.165, 1.54) is 108 Å². The average molecular weight is 851 g/mol. The van der Waals surface area contributed by atoms with Gasteiger partial charge in [0.25, 0.3) is 0 Å². The zero-order valence-electron chi connectivity index (χ0n) is 38.7. The summed E-state index contributed by atoms with van der Waals surface area (Å²) in [6.45, 7) is 8.52. The van der Waals surface area contributed by atoms with Crippen molar-refractivity contribution >= 4 is 5.57 Å². The van der Waals surface area contributed by atoms with Crippen LogP contribution in [0.5, 0.6) is 23.0 Å². The van der Waals surface area contributed by atoms with Crippen LogP contribution in [0.3, 0.4) is 0 Å². The average Bonchev–Trinajstić information content (AvgIpc) is 3.62. The van der Waals surface area contributed by atoms with Crippen LogP contribution in [-0.2, 0) is 25.7 Å². The van der Waals surface area contributed by atoms with E-state index < -0.39 is 0 Å². The number of allylic oxidation sites excluding steroid dienone is 6. The van der Waals surface area contributed by atoms with Gasteiger partial charge in [0.05, 0.1) is 12.2 Å². The number of phenols is 2. The van der Waals surface area contributed by atoms with Gasteiger partial charge in [0, 0.05) is 39.8 Å². The number of benzene rings is 5. The summed E-state index contributed by atoms with van der Waals surface area (Å²) in [6, 6.07) is 27.5. The molecule has 64 heavy (non-hydrogen) atoms. The van der Waals surface area contributed by atoms with Gasteiger partial charge in [0.15, 0.2) is 0 Å². The molecule has 1 fully saturated rings. The predicted molar refractivity (Wildman–Crippen MR) is 264 cm³/mol. The van der Waals surface area contributed by atoms with E-state index in [-0.39, 0.29) is 12.2 Å². The van der Waals surface area contributed by atoms with E-state index in [1.807, 2.05) is 36.4 Å². The molecule has 0 saturated heterocycles. The van der Waals surface area contributed by atoms with Crippen LogP contribution < -0.4 is 9.47 Å². The highest BCUT2D eigenvalue weighted by molar-refractivity contribution is 5.92. The maximum Gasteiger partial charge on any atom is 0.131 e. The van der Waals surface area contributed by atoms with E-state index in [0.717, 1.165) is 107 Å². The quantitative estimate of drug-likeness (QED) is 0.147. The Kier molecular flexibility index (Phi) is 12.1. The normalized spacial score (nSPS) is 18.2. The summed E-state index contributed by atoms with van der Waals surface area (Å²) in [4.78, 5) is 0. The van der Waals surface area contributed by atoms with Crippen LogP contribution in [0.25, 0.3) is 39.0 Å². The fraction of sp³-hybridized carbons (Fsp3) is 0.400. The molecule has 0 aromatic heterocycles. The zero-order valence-corrected chi connectivity index (χ0v) is 38.7. The SMILES string of the molecule is Cc1cc(C2=C3CCCCC(=CC4=C2CCCC4)C3)c(O)c(-c2ccccc2O[C@H](C)C[C@@H](C)Oc2ccccc2-c2cc(C)cc(-c3c4c(cc5c3CCCC5)CCCC4)c2O)c1. The van der Waals surface area contributed by atoms with Crippen molar-refractivity contribution in [3.8, 4) is 56.4 Å². The number of phenolic OH excluding ortho intramolecular Hbond substituents is 2. The van der Waals surface area contributed by atoms with Crippen molar-refractivity contribution in [1.82, 2.24) is 0 Å². The van der Waals surface area contributed by atoms with Gasteiger partial charge in [-0.05, 0) is 229 Å². The Bertz CT molecular complexity index is 2670. The molecule has 5 aromatic carbocycles. The van der Waals surface area contributed by atoms with Gasteiger partial charge in [-0.2, -0.15) is 0 Å². The monoisotopic (exact) mass is 850 g/mol. The van der Waals surface area contributed by atoms with Gasteiger partial charge in [-0.1, -0.05) is 59.7 Å². The van der Waals surface area contributed by atoms with Crippen LogP contribution in [-0.4, -0.2) is 22.4 Å². The Hall–Kier alpha value is -5.48. The minimum absolute atomic E-state index is 0.179. The molecule has 5 aromatic rings. The minimum Gasteiger partial charge on any atom is -0.507 e. The Labute approximate surface area is 381 Å². The second-order valence-electron chi connectivity index (χ2n) is 19.8. The summed E-state index contributed by atoms with van der Waals surface area (Å²) in [5, 5.41) is 24.8. The fourth-order valence-electron chi connectivity index (χ4n) is 12.1. The third-order valence-corrected chi connectivity index (χ3v) is 14.9. The predicted octanol–water partition coefficient (Wildman–Crippen LogP) is 15.6. The van der Waals surface area contributed by atoms with Crippen molar-refractivity contribution in [3.05, 3.63) is 146 Å².